The molecule has 1 aliphatic rings. The molecular formula is C13H20N2O4. The summed E-state index contributed by atoms with van der Waals surface area (Å²) in [5, 5.41) is 12.5. The summed E-state index contributed by atoms with van der Waals surface area (Å²) in [6, 6.07) is 0.294. The second-order valence-corrected chi connectivity index (χ2v) is 4.98. The van der Waals surface area contributed by atoms with Crippen molar-refractivity contribution in [1.82, 2.24) is 4.98 Å². The van der Waals surface area contributed by atoms with E-state index in [0.29, 0.717) is 19.2 Å². The first kappa shape index (κ1) is 13.9. The Labute approximate surface area is 112 Å². The Balaban J connectivity index is 1.91. The molecule has 0 radical (unpaired) electrons. The summed E-state index contributed by atoms with van der Waals surface area (Å²) in [6.07, 6.45) is 5.56. The smallest absolute Gasteiger partial charge is 0.360 e. The number of rotatable bonds is 6. The maximum Gasteiger partial charge on any atom is 0.360 e. The Morgan fingerprint density at radius 3 is 2.95 bits per heavy atom. The molecule has 1 fully saturated rings. The van der Waals surface area contributed by atoms with Gasteiger partial charge in [-0.05, 0) is 19.8 Å². The molecule has 1 aromatic rings. The van der Waals surface area contributed by atoms with E-state index in [1.54, 1.807) is 6.92 Å². The van der Waals surface area contributed by atoms with Gasteiger partial charge in [-0.1, -0.05) is 12.8 Å². The van der Waals surface area contributed by atoms with Crippen molar-refractivity contribution >= 4 is 12.0 Å². The highest BCUT2D eigenvalue weighted by molar-refractivity contribution is 5.87. The number of carbonyl (C=O) groups is 1. The first-order chi connectivity index (χ1) is 9.19. The molecule has 2 rings (SSSR count). The third kappa shape index (κ3) is 3.26. The lowest BCUT2D eigenvalue weighted by atomic mass is 9.87. The van der Waals surface area contributed by atoms with E-state index < -0.39 is 5.97 Å². The SMILES string of the molecule is CCOC(=O)c1coc(NCC2(CO)CCCC2)n1. The Morgan fingerprint density at radius 1 is 1.58 bits per heavy atom. The molecule has 6 nitrogen and oxygen atoms in total. The highest BCUT2D eigenvalue weighted by Gasteiger charge is 2.33. The van der Waals surface area contributed by atoms with E-state index in [4.69, 9.17) is 9.15 Å². The summed E-state index contributed by atoms with van der Waals surface area (Å²) in [5.74, 6) is -0.489. The van der Waals surface area contributed by atoms with Crippen molar-refractivity contribution in [1.29, 1.82) is 0 Å². The molecule has 2 N–H and O–H groups in total. The van der Waals surface area contributed by atoms with Crippen molar-refractivity contribution in [3.63, 3.8) is 0 Å². The van der Waals surface area contributed by atoms with Gasteiger partial charge in [0.25, 0.3) is 6.01 Å². The van der Waals surface area contributed by atoms with E-state index in [-0.39, 0.29) is 17.7 Å². The molecule has 0 saturated heterocycles. The standard InChI is InChI=1S/C13H20N2O4/c1-2-18-11(17)10-7-19-12(15-10)14-8-13(9-16)5-3-4-6-13/h7,16H,2-6,8-9H2,1H3,(H,14,15). The number of esters is 1. The fourth-order valence-corrected chi connectivity index (χ4v) is 2.43. The van der Waals surface area contributed by atoms with Crippen LogP contribution in [0.1, 0.15) is 43.1 Å². The molecule has 0 aromatic carbocycles. The number of hydrogen-bond acceptors (Lipinski definition) is 6. The van der Waals surface area contributed by atoms with Gasteiger partial charge in [0, 0.05) is 12.0 Å². The van der Waals surface area contributed by atoms with Crippen molar-refractivity contribution in [2.24, 2.45) is 5.41 Å². The van der Waals surface area contributed by atoms with Gasteiger partial charge in [-0.3, -0.25) is 0 Å². The molecule has 1 aromatic heterocycles. The quantitative estimate of drug-likeness (QED) is 0.765. The Bertz CT molecular complexity index is 424. The highest BCUT2D eigenvalue weighted by Crippen LogP contribution is 2.37. The number of nitrogens with one attached hydrogen (secondary N) is 1. The van der Waals surface area contributed by atoms with Crippen molar-refractivity contribution in [2.75, 3.05) is 25.1 Å². The molecule has 106 valence electrons. The van der Waals surface area contributed by atoms with E-state index in [9.17, 15) is 9.90 Å². The summed E-state index contributed by atoms with van der Waals surface area (Å²) in [5.41, 5.74) is 0.0762. The summed E-state index contributed by atoms with van der Waals surface area (Å²) in [4.78, 5) is 15.4. The number of carbonyl (C=O) groups excluding carboxylic acids is 1. The number of nitrogens with zero attached hydrogens (tertiary/aromatic N) is 1. The van der Waals surface area contributed by atoms with E-state index >= 15 is 0 Å². The van der Waals surface area contributed by atoms with Gasteiger partial charge >= 0.3 is 5.97 Å². The predicted molar refractivity (Wildman–Crippen MR) is 68.9 cm³/mol. The van der Waals surface area contributed by atoms with Crippen LogP contribution >= 0.6 is 0 Å². The Morgan fingerprint density at radius 2 is 2.32 bits per heavy atom. The lowest BCUT2D eigenvalue weighted by Crippen LogP contribution is -2.30. The van der Waals surface area contributed by atoms with Crippen molar-refractivity contribution in [2.45, 2.75) is 32.6 Å². The minimum absolute atomic E-state index is 0.0848. The van der Waals surface area contributed by atoms with Crippen LogP contribution in [0.25, 0.3) is 0 Å². The van der Waals surface area contributed by atoms with Gasteiger partial charge in [0.2, 0.25) is 0 Å². The lowest BCUT2D eigenvalue weighted by Gasteiger charge is -2.25. The van der Waals surface area contributed by atoms with Gasteiger partial charge in [-0.15, -0.1) is 0 Å². The fraction of sp³-hybridized carbons (Fsp3) is 0.692. The van der Waals surface area contributed by atoms with Gasteiger partial charge in [-0.25, -0.2) is 4.79 Å². The van der Waals surface area contributed by atoms with Gasteiger partial charge in [0.15, 0.2) is 5.69 Å². The normalized spacial score (nSPS) is 17.4. The minimum atomic E-state index is -0.489. The topological polar surface area (TPSA) is 84.6 Å². The predicted octanol–water partition coefficient (Wildman–Crippen LogP) is 1.82. The van der Waals surface area contributed by atoms with Crippen LogP contribution in [0, 0.1) is 5.41 Å². The van der Waals surface area contributed by atoms with Crippen LogP contribution < -0.4 is 5.32 Å². The number of anilines is 1. The second kappa shape index (κ2) is 6.06. The second-order valence-electron chi connectivity index (χ2n) is 4.98. The molecule has 0 atom stereocenters. The van der Waals surface area contributed by atoms with Crippen LogP contribution in [0.15, 0.2) is 10.7 Å². The molecule has 0 aliphatic heterocycles. The third-order valence-corrected chi connectivity index (χ3v) is 3.60. The van der Waals surface area contributed by atoms with Gasteiger partial charge < -0.3 is 19.6 Å². The number of aliphatic hydroxyl groups excluding tert-OH is 1. The molecular weight excluding hydrogens is 248 g/mol. The van der Waals surface area contributed by atoms with Gasteiger partial charge in [0.1, 0.15) is 6.26 Å². The Hall–Kier alpha value is -1.56. The number of aliphatic hydroxyl groups is 1. The van der Waals surface area contributed by atoms with Crippen LogP contribution in [-0.4, -0.2) is 35.8 Å². The molecule has 1 heterocycles. The molecule has 0 spiro atoms. The molecule has 19 heavy (non-hydrogen) atoms. The van der Waals surface area contributed by atoms with Crippen molar-refractivity contribution in [3.05, 3.63) is 12.0 Å². The van der Waals surface area contributed by atoms with E-state index in [2.05, 4.69) is 10.3 Å². The van der Waals surface area contributed by atoms with E-state index in [1.807, 2.05) is 0 Å². The lowest BCUT2D eigenvalue weighted by molar-refractivity contribution is 0.0519. The van der Waals surface area contributed by atoms with Crippen LogP contribution in [0.4, 0.5) is 6.01 Å². The van der Waals surface area contributed by atoms with Gasteiger partial charge in [0.05, 0.1) is 13.2 Å². The third-order valence-electron chi connectivity index (χ3n) is 3.60. The zero-order valence-electron chi connectivity index (χ0n) is 11.1. The average molecular weight is 268 g/mol. The minimum Gasteiger partial charge on any atom is -0.461 e. The highest BCUT2D eigenvalue weighted by atomic mass is 16.5. The molecule has 1 aliphatic carbocycles. The monoisotopic (exact) mass is 268 g/mol. The maximum atomic E-state index is 11.4. The fourth-order valence-electron chi connectivity index (χ4n) is 2.43. The molecule has 0 unspecified atom stereocenters. The van der Waals surface area contributed by atoms with Gasteiger partial charge in [-0.2, -0.15) is 4.98 Å². The largest absolute Gasteiger partial charge is 0.461 e. The average Bonchev–Trinajstić information content (AvgIpc) is 3.07. The molecule has 1 saturated carbocycles. The first-order valence-electron chi connectivity index (χ1n) is 6.66. The maximum absolute atomic E-state index is 11.4. The zero-order valence-corrected chi connectivity index (χ0v) is 11.1. The Kier molecular flexibility index (Phi) is 4.42. The van der Waals surface area contributed by atoms with Crippen LogP contribution in [0.2, 0.25) is 0 Å². The van der Waals surface area contributed by atoms with E-state index in [1.165, 1.54) is 6.26 Å². The zero-order chi connectivity index (χ0) is 13.7. The molecule has 0 bridgehead atoms. The van der Waals surface area contributed by atoms with Crippen molar-refractivity contribution < 1.29 is 19.1 Å². The summed E-state index contributed by atoms with van der Waals surface area (Å²) >= 11 is 0. The van der Waals surface area contributed by atoms with Crippen LogP contribution in [-0.2, 0) is 4.74 Å². The van der Waals surface area contributed by atoms with Crippen molar-refractivity contribution in [3.8, 4) is 0 Å². The number of ether oxygens (including phenoxy) is 1. The summed E-state index contributed by atoms with van der Waals surface area (Å²) < 4.78 is 10.0. The number of oxazole rings is 1. The first-order valence-corrected chi connectivity index (χ1v) is 6.66. The van der Waals surface area contributed by atoms with Crippen LogP contribution in [0.5, 0.6) is 0 Å². The van der Waals surface area contributed by atoms with Crippen LogP contribution in [0.3, 0.4) is 0 Å². The molecule has 6 heteroatoms. The number of aromatic nitrogens is 1. The summed E-state index contributed by atoms with van der Waals surface area (Å²) in [6.45, 7) is 2.81. The molecule has 0 amide bonds. The van der Waals surface area contributed by atoms with E-state index in [0.717, 1.165) is 25.7 Å². The summed E-state index contributed by atoms with van der Waals surface area (Å²) in [7, 11) is 0. The number of hydrogen-bond donors (Lipinski definition) is 2.